The molecule has 9 heteroatoms. The number of hydrogen-bond donors (Lipinski definition) is 3. The lowest BCUT2D eigenvalue weighted by Gasteiger charge is -2.09. The van der Waals surface area contributed by atoms with Crippen LogP contribution in [-0.2, 0) is 10.0 Å². The van der Waals surface area contributed by atoms with Crippen LogP contribution >= 0.6 is 0 Å². The molecule has 0 saturated heterocycles. The van der Waals surface area contributed by atoms with Gasteiger partial charge in [-0.05, 0) is 54.4 Å². The van der Waals surface area contributed by atoms with Gasteiger partial charge < -0.3 is 15.0 Å². The number of nitrogens with zero attached hydrogens (tertiary/aromatic N) is 1. The van der Waals surface area contributed by atoms with Crippen molar-refractivity contribution < 1.29 is 17.9 Å². The monoisotopic (exact) mass is 474 g/mol. The lowest BCUT2D eigenvalue weighted by Crippen LogP contribution is -2.27. The molecule has 172 valence electrons. The summed E-state index contributed by atoms with van der Waals surface area (Å²) in [6.07, 6.45) is 0.197. The maximum atomic E-state index is 12.9. The predicted molar refractivity (Wildman–Crippen MR) is 130 cm³/mol. The first kappa shape index (κ1) is 22.9. The molecule has 3 N–H and O–H groups in total. The Labute approximate surface area is 197 Å². The van der Waals surface area contributed by atoms with Crippen molar-refractivity contribution in [3.05, 3.63) is 78.4 Å². The molecule has 0 aliphatic heterocycles. The Morgan fingerprint density at radius 2 is 1.79 bits per heavy atom. The molecule has 4 aromatic rings. The lowest BCUT2D eigenvalue weighted by molar-refractivity contribution is 0.199. The van der Waals surface area contributed by atoms with E-state index in [-0.39, 0.29) is 10.8 Å². The van der Waals surface area contributed by atoms with E-state index in [0.717, 1.165) is 12.0 Å². The van der Waals surface area contributed by atoms with E-state index in [1.54, 1.807) is 18.2 Å². The topological polar surface area (TPSA) is 124 Å². The molecule has 8 nitrogen and oxygen atoms in total. The smallest absolute Gasteiger partial charge is 0.393 e. The van der Waals surface area contributed by atoms with Gasteiger partial charge in [0.2, 0.25) is 5.88 Å². The number of benzene rings is 3. The number of aromatic amines is 1. The lowest BCUT2D eigenvalue weighted by atomic mass is 10.0. The molecule has 0 spiro atoms. The molecule has 0 aliphatic carbocycles. The number of hydrogen-bond acceptors (Lipinski definition) is 5. The van der Waals surface area contributed by atoms with Crippen LogP contribution in [0.15, 0.2) is 77.7 Å². The van der Waals surface area contributed by atoms with Crippen molar-refractivity contribution in [2.75, 3.05) is 11.3 Å². The Morgan fingerprint density at radius 1 is 1.06 bits per heavy atom. The van der Waals surface area contributed by atoms with Gasteiger partial charge in [-0.1, -0.05) is 37.3 Å². The number of anilines is 1. The van der Waals surface area contributed by atoms with Gasteiger partial charge >= 0.3 is 6.09 Å². The average molecular weight is 475 g/mol. The highest BCUT2D eigenvalue weighted by molar-refractivity contribution is 7.92. The summed E-state index contributed by atoms with van der Waals surface area (Å²) in [6.45, 7) is 2.43. The Kier molecular flexibility index (Phi) is 6.52. The average Bonchev–Trinajstić information content (AvgIpc) is 3.20. The number of nitrogens with one attached hydrogen (secondary N) is 3. The molecule has 0 radical (unpaired) electrons. The molecule has 1 heterocycles. The Morgan fingerprint density at radius 3 is 2.47 bits per heavy atom. The molecule has 0 unspecified atom stereocenters. The van der Waals surface area contributed by atoms with Gasteiger partial charge in [0.15, 0.2) is 0 Å². The third-order valence-electron chi connectivity index (χ3n) is 5.09. The van der Waals surface area contributed by atoms with Gasteiger partial charge in [0, 0.05) is 23.1 Å². The maximum absolute atomic E-state index is 12.9. The Balaban J connectivity index is 1.73. The fourth-order valence-electron chi connectivity index (χ4n) is 3.48. The molecule has 0 saturated carbocycles. The van der Waals surface area contributed by atoms with Crippen LogP contribution in [0.5, 0.6) is 5.88 Å². The van der Waals surface area contributed by atoms with Crippen LogP contribution in [0.1, 0.15) is 18.9 Å². The quantitative estimate of drug-likeness (QED) is 0.347. The first-order valence-corrected chi connectivity index (χ1v) is 12.1. The molecule has 0 aliphatic rings. The van der Waals surface area contributed by atoms with Crippen molar-refractivity contribution in [1.29, 1.82) is 5.26 Å². The molecule has 34 heavy (non-hydrogen) atoms. The number of aromatic nitrogens is 1. The number of fused-ring (bicyclic) bond motifs is 1. The minimum atomic E-state index is -3.87. The van der Waals surface area contributed by atoms with Gasteiger partial charge in [-0.15, -0.1) is 0 Å². The van der Waals surface area contributed by atoms with Crippen LogP contribution in [0, 0.1) is 11.3 Å². The second-order valence-corrected chi connectivity index (χ2v) is 9.20. The van der Waals surface area contributed by atoms with Crippen molar-refractivity contribution in [1.82, 2.24) is 10.3 Å². The van der Waals surface area contributed by atoms with Gasteiger partial charge in [-0.2, -0.15) is 5.26 Å². The number of nitriles is 1. The molecule has 1 aromatic heterocycles. The summed E-state index contributed by atoms with van der Waals surface area (Å²) in [6, 6.07) is 22.0. The summed E-state index contributed by atoms with van der Waals surface area (Å²) in [5.74, 6) is 0.266. The SMILES string of the molecule is CCCNC(=O)Oc1[nH]c2ccc(NS(=O)(=O)c3ccc(C#N)cc3)cc2c1-c1ccccc1. The number of carbonyl (C=O) groups is 1. The van der Waals surface area contributed by atoms with Crippen LogP contribution in [0.3, 0.4) is 0 Å². The van der Waals surface area contributed by atoms with Gasteiger partial charge in [-0.25, -0.2) is 13.2 Å². The van der Waals surface area contributed by atoms with Crippen molar-refractivity contribution in [2.24, 2.45) is 0 Å². The minimum Gasteiger partial charge on any atom is -0.393 e. The van der Waals surface area contributed by atoms with E-state index in [4.69, 9.17) is 10.00 Å². The van der Waals surface area contributed by atoms with E-state index in [0.29, 0.717) is 34.3 Å². The molecule has 1 amide bonds. The van der Waals surface area contributed by atoms with Crippen LogP contribution in [-0.4, -0.2) is 26.0 Å². The van der Waals surface area contributed by atoms with Gasteiger partial charge in [-0.3, -0.25) is 4.72 Å². The van der Waals surface area contributed by atoms with E-state index in [9.17, 15) is 13.2 Å². The number of ether oxygens (including phenoxy) is 1. The largest absolute Gasteiger partial charge is 0.413 e. The molecule has 4 rings (SSSR count). The minimum absolute atomic E-state index is 0.0422. The van der Waals surface area contributed by atoms with E-state index in [1.165, 1.54) is 24.3 Å². The third kappa shape index (κ3) is 4.87. The first-order valence-electron chi connectivity index (χ1n) is 10.6. The third-order valence-corrected chi connectivity index (χ3v) is 6.48. The second kappa shape index (κ2) is 9.68. The molecule has 3 aromatic carbocycles. The number of amides is 1. The number of H-pyrrole nitrogens is 1. The molecule has 0 fully saturated rings. The number of rotatable bonds is 7. The van der Waals surface area contributed by atoms with E-state index in [2.05, 4.69) is 15.0 Å². The summed E-state index contributed by atoms with van der Waals surface area (Å²) in [5, 5.41) is 12.3. The summed E-state index contributed by atoms with van der Waals surface area (Å²) >= 11 is 0. The van der Waals surface area contributed by atoms with Crippen molar-refractivity contribution in [3.8, 4) is 23.1 Å². The fourth-order valence-corrected chi connectivity index (χ4v) is 4.53. The number of carbonyl (C=O) groups excluding carboxylic acids is 1. The van der Waals surface area contributed by atoms with Crippen LogP contribution in [0.2, 0.25) is 0 Å². The van der Waals surface area contributed by atoms with E-state index >= 15 is 0 Å². The standard InChI is InChI=1S/C25H22N4O4S/c1-2-14-27-25(30)33-24-23(18-6-4-3-5-7-18)21-15-19(10-13-22(21)28-24)29-34(31,32)20-11-8-17(16-26)9-12-20/h3-13,15,28-29H,2,14H2,1H3,(H,27,30). The summed E-state index contributed by atoms with van der Waals surface area (Å²) in [4.78, 5) is 15.4. The predicted octanol–water partition coefficient (Wildman–Crippen LogP) is 5.01. The molecule has 0 atom stereocenters. The van der Waals surface area contributed by atoms with Crippen LogP contribution in [0.25, 0.3) is 22.0 Å². The molecule has 0 bridgehead atoms. The highest BCUT2D eigenvalue weighted by Gasteiger charge is 2.20. The Hall–Kier alpha value is -4.29. The highest BCUT2D eigenvalue weighted by Crippen LogP contribution is 2.38. The first-order chi connectivity index (χ1) is 16.4. The van der Waals surface area contributed by atoms with Crippen LogP contribution < -0.4 is 14.8 Å². The van der Waals surface area contributed by atoms with Crippen molar-refractivity contribution >= 4 is 32.7 Å². The van der Waals surface area contributed by atoms with Gasteiger partial charge in [0.25, 0.3) is 10.0 Å². The van der Waals surface area contributed by atoms with Crippen molar-refractivity contribution in [3.63, 3.8) is 0 Å². The summed E-state index contributed by atoms with van der Waals surface area (Å²) < 4.78 is 33.9. The normalized spacial score (nSPS) is 11.1. The zero-order valence-corrected chi connectivity index (χ0v) is 19.1. The van der Waals surface area contributed by atoms with Crippen LogP contribution in [0.4, 0.5) is 10.5 Å². The van der Waals surface area contributed by atoms with Gasteiger partial charge in [0.05, 0.1) is 22.1 Å². The highest BCUT2D eigenvalue weighted by atomic mass is 32.2. The zero-order chi connectivity index (χ0) is 24.1. The van der Waals surface area contributed by atoms with E-state index in [1.807, 2.05) is 43.3 Å². The fraction of sp³-hybridized carbons (Fsp3) is 0.120. The van der Waals surface area contributed by atoms with Gasteiger partial charge in [0.1, 0.15) is 0 Å². The van der Waals surface area contributed by atoms with E-state index < -0.39 is 16.1 Å². The Bertz CT molecular complexity index is 1470. The zero-order valence-electron chi connectivity index (χ0n) is 18.3. The maximum Gasteiger partial charge on any atom is 0.413 e. The molecular weight excluding hydrogens is 452 g/mol. The summed E-state index contributed by atoms with van der Waals surface area (Å²) in [7, 11) is -3.87. The number of sulfonamides is 1. The molecular formula is C25H22N4O4S. The van der Waals surface area contributed by atoms with Crippen molar-refractivity contribution in [2.45, 2.75) is 18.2 Å². The second-order valence-electron chi connectivity index (χ2n) is 7.51. The summed E-state index contributed by atoms with van der Waals surface area (Å²) in [5.41, 5.74) is 2.84.